The van der Waals surface area contributed by atoms with Crippen molar-refractivity contribution < 1.29 is 23.0 Å². The van der Waals surface area contributed by atoms with E-state index >= 15 is 0 Å². The van der Waals surface area contributed by atoms with Crippen LogP contribution in [-0.4, -0.2) is 45.5 Å². The van der Waals surface area contributed by atoms with Gasteiger partial charge in [-0.25, -0.2) is 13.1 Å². The predicted octanol–water partition coefficient (Wildman–Crippen LogP) is 0.905. The topological polar surface area (TPSA) is 84.9 Å². The Balaban J connectivity index is 2.03. The number of sulfonamides is 1. The minimum Gasteiger partial charge on any atom is -0.494 e. The van der Waals surface area contributed by atoms with Crippen molar-refractivity contribution in [3.63, 3.8) is 0 Å². The molecule has 2 rings (SSSR count). The Labute approximate surface area is 125 Å². The van der Waals surface area contributed by atoms with Gasteiger partial charge in [0.2, 0.25) is 10.0 Å². The van der Waals surface area contributed by atoms with Crippen molar-refractivity contribution >= 4 is 10.0 Å². The number of aliphatic hydroxyl groups is 1. The lowest BCUT2D eigenvalue weighted by molar-refractivity contribution is 0.178. The number of ether oxygens (including phenoxy) is 2. The van der Waals surface area contributed by atoms with E-state index in [-0.39, 0.29) is 11.5 Å². The first kappa shape index (κ1) is 16.2. The second-order valence-corrected chi connectivity index (χ2v) is 7.05. The number of hydrogen-bond donors (Lipinski definition) is 2. The Morgan fingerprint density at radius 2 is 2.10 bits per heavy atom. The molecule has 1 saturated heterocycles. The highest BCUT2D eigenvalue weighted by Gasteiger charge is 2.34. The molecule has 0 aromatic heterocycles. The van der Waals surface area contributed by atoms with Crippen LogP contribution >= 0.6 is 0 Å². The molecular formula is C14H21NO5S. The molecule has 1 fully saturated rings. The quantitative estimate of drug-likeness (QED) is 0.731. The van der Waals surface area contributed by atoms with Crippen LogP contribution in [0, 0.1) is 0 Å². The molecule has 0 radical (unpaired) electrons. The number of nitrogens with one attached hydrogen (secondary N) is 1. The van der Waals surface area contributed by atoms with Crippen molar-refractivity contribution in [3.8, 4) is 5.75 Å². The summed E-state index contributed by atoms with van der Waals surface area (Å²) in [6, 6.07) is 6.24. The van der Waals surface area contributed by atoms with Crippen molar-refractivity contribution in [1.82, 2.24) is 4.72 Å². The summed E-state index contributed by atoms with van der Waals surface area (Å²) in [6.45, 7) is 3.25. The van der Waals surface area contributed by atoms with Crippen molar-refractivity contribution in [2.75, 3.05) is 26.4 Å². The zero-order valence-corrected chi connectivity index (χ0v) is 12.9. The molecule has 1 atom stereocenters. The van der Waals surface area contributed by atoms with Gasteiger partial charge in [0.15, 0.2) is 0 Å². The molecule has 1 aromatic rings. The van der Waals surface area contributed by atoms with Gasteiger partial charge in [0, 0.05) is 19.6 Å². The molecule has 21 heavy (non-hydrogen) atoms. The van der Waals surface area contributed by atoms with Crippen LogP contribution in [0.2, 0.25) is 0 Å². The fraction of sp³-hybridized carbons (Fsp3) is 0.571. The summed E-state index contributed by atoms with van der Waals surface area (Å²) in [6.07, 6.45) is 1.20. The third kappa shape index (κ3) is 4.41. The Hall–Kier alpha value is -1.15. The summed E-state index contributed by atoms with van der Waals surface area (Å²) in [5.41, 5.74) is -0.546. The molecule has 1 aromatic carbocycles. The third-order valence-corrected chi connectivity index (χ3v) is 4.96. The maximum Gasteiger partial charge on any atom is 0.241 e. The highest BCUT2D eigenvalue weighted by Crippen LogP contribution is 2.22. The molecule has 1 aliphatic rings. The number of rotatable bonds is 7. The molecule has 118 valence electrons. The van der Waals surface area contributed by atoms with Crippen LogP contribution < -0.4 is 9.46 Å². The van der Waals surface area contributed by atoms with Crippen molar-refractivity contribution in [2.45, 2.75) is 30.2 Å². The Morgan fingerprint density at radius 3 is 2.67 bits per heavy atom. The monoisotopic (exact) mass is 315 g/mol. The zero-order chi connectivity index (χ0) is 15.3. The highest BCUT2D eigenvalue weighted by molar-refractivity contribution is 7.89. The first-order chi connectivity index (χ1) is 9.95. The number of aliphatic hydroxyl groups excluding tert-OH is 1. The standard InChI is InChI=1S/C14H21NO5S/c1-14(7-10-19-11-14)15-21(17,18)13-5-3-12(4-6-13)20-9-2-8-16/h3-6,15-16H,2,7-11H2,1H3. The predicted molar refractivity (Wildman–Crippen MR) is 77.8 cm³/mol. The third-order valence-electron chi connectivity index (χ3n) is 3.30. The van der Waals surface area contributed by atoms with Crippen LogP contribution in [0.25, 0.3) is 0 Å². The average molecular weight is 315 g/mol. The van der Waals surface area contributed by atoms with E-state index in [9.17, 15) is 8.42 Å². The summed E-state index contributed by atoms with van der Waals surface area (Å²) < 4.78 is 38.0. The molecule has 1 unspecified atom stereocenters. The first-order valence-corrected chi connectivity index (χ1v) is 8.39. The van der Waals surface area contributed by atoms with E-state index in [4.69, 9.17) is 14.6 Å². The molecule has 0 aliphatic carbocycles. The van der Waals surface area contributed by atoms with Crippen LogP contribution in [0.3, 0.4) is 0 Å². The summed E-state index contributed by atoms with van der Waals surface area (Å²) in [5, 5.41) is 8.68. The molecule has 0 bridgehead atoms. The van der Waals surface area contributed by atoms with Gasteiger partial charge in [-0.1, -0.05) is 0 Å². The molecule has 0 spiro atoms. The van der Waals surface area contributed by atoms with Gasteiger partial charge in [-0.05, 0) is 37.6 Å². The molecule has 1 aliphatic heterocycles. The fourth-order valence-electron chi connectivity index (χ4n) is 2.10. The maximum absolute atomic E-state index is 12.3. The van der Waals surface area contributed by atoms with E-state index in [2.05, 4.69) is 4.72 Å². The lowest BCUT2D eigenvalue weighted by Gasteiger charge is -2.23. The van der Waals surface area contributed by atoms with Gasteiger partial charge in [0.05, 0.1) is 23.6 Å². The smallest absolute Gasteiger partial charge is 0.241 e. The highest BCUT2D eigenvalue weighted by atomic mass is 32.2. The SMILES string of the molecule is CC1(NS(=O)(=O)c2ccc(OCCCO)cc2)CCOC1. The van der Waals surface area contributed by atoms with E-state index in [1.165, 1.54) is 12.1 Å². The fourth-order valence-corrected chi connectivity index (χ4v) is 3.52. The Bertz CT molecular complexity index is 549. The van der Waals surface area contributed by atoms with E-state index in [0.29, 0.717) is 38.4 Å². The Kier molecular flexibility index (Phi) is 5.21. The van der Waals surface area contributed by atoms with Gasteiger partial charge >= 0.3 is 0 Å². The number of hydrogen-bond acceptors (Lipinski definition) is 5. The van der Waals surface area contributed by atoms with Crippen molar-refractivity contribution in [1.29, 1.82) is 0 Å². The molecule has 0 saturated carbocycles. The van der Waals surface area contributed by atoms with Crippen LogP contribution in [-0.2, 0) is 14.8 Å². The van der Waals surface area contributed by atoms with Gasteiger partial charge in [0.25, 0.3) is 0 Å². The van der Waals surface area contributed by atoms with Crippen LogP contribution in [0.4, 0.5) is 0 Å². The molecule has 2 N–H and O–H groups in total. The van der Waals surface area contributed by atoms with Crippen LogP contribution in [0.15, 0.2) is 29.2 Å². The lowest BCUT2D eigenvalue weighted by Crippen LogP contribution is -2.46. The lowest BCUT2D eigenvalue weighted by atomic mass is 10.0. The molecular weight excluding hydrogens is 294 g/mol. The van der Waals surface area contributed by atoms with Gasteiger partial charge in [-0.3, -0.25) is 0 Å². The van der Waals surface area contributed by atoms with Crippen molar-refractivity contribution in [2.24, 2.45) is 0 Å². The molecule has 1 heterocycles. The minimum absolute atomic E-state index is 0.0665. The summed E-state index contributed by atoms with van der Waals surface area (Å²) in [4.78, 5) is 0.199. The summed E-state index contributed by atoms with van der Waals surface area (Å²) >= 11 is 0. The van der Waals surface area contributed by atoms with E-state index in [1.807, 2.05) is 6.92 Å². The van der Waals surface area contributed by atoms with Gasteiger partial charge in [0.1, 0.15) is 5.75 Å². The van der Waals surface area contributed by atoms with E-state index in [1.54, 1.807) is 12.1 Å². The van der Waals surface area contributed by atoms with Gasteiger partial charge < -0.3 is 14.6 Å². The molecule has 7 heteroatoms. The van der Waals surface area contributed by atoms with Crippen LogP contribution in [0.1, 0.15) is 19.8 Å². The molecule has 6 nitrogen and oxygen atoms in total. The second-order valence-electron chi connectivity index (χ2n) is 5.37. The largest absolute Gasteiger partial charge is 0.494 e. The van der Waals surface area contributed by atoms with Gasteiger partial charge in [-0.2, -0.15) is 0 Å². The van der Waals surface area contributed by atoms with Crippen LogP contribution in [0.5, 0.6) is 5.75 Å². The number of benzene rings is 1. The maximum atomic E-state index is 12.3. The summed E-state index contributed by atoms with van der Waals surface area (Å²) in [5.74, 6) is 0.581. The van der Waals surface area contributed by atoms with E-state index in [0.717, 1.165) is 0 Å². The zero-order valence-electron chi connectivity index (χ0n) is 12.0. The minimum atomic E-state index is -3.57. The molecule has 0 amide bonds. The second kappa shape index (κ2) is 6.74. The Morgan fingerprint density at radius 1 is 1.38 bits per heavy atom. The first-order valence-electron chi connectivity index (χ1n) is 6.91. The van der Waals surface area contributed by atoms with Gasteiger partial charge in [-0.15, -0.1) is 0 Å². The van der Waals surface area contributed by atoms with Crippen molar-refractivity contribution in [3.05, 3.63) is 24.3 Å². The normalized spacial score (nSPS) is 22.4. The van der Waals surface area contributed by atoms with E-state index < -0.39 is 15.6 Å². The average Bonchev–Trinajstić information content (AvgIpc) is 2.85. The summed E-state index contributed by atoms with van der Waals surface area (Å²) in [7, 11) is -3.57.